The molecule has 0 atom stereocenters. The maximum Gasteiger partial charge on any atom is 0.248 e. The second kappa shape index (κ2) is 12.4. The maximum atomic E-state index is 10.7. The molecule has 0 bridgehead atoms. The Bertz CT molecular complexity index is 277. The highest BCUT2D eigenvalue weighted by Gasteiger charge is 2.01. The van der Waals surface area contributed by atoms with Crippen molar-refractivity contribution < 1.29 is 9.59 Å². The molecular formula is C14H25NO2. The van der Waals surface area contributed by atoms with E-state index in [1.54, 1.807) is 34.0 Å². The minimum atomic E-state index is -0.00926. The van der Waals surface area contributed by atoms with Gasteiger partial charge in [0.25, 0.3) is 0 Å². The lowest BCUT2D eigenvalue weighted by molar-refractivity contribution is -0.124. The quantitative estimate of drug-likeness (QED) is 0.549. The third-order valence-corrected chi connectivity index (χ3v) is 1.37. The highest BCUT2D eigenvalue weighted by atomic mass is 16.2. The summed E-state index contributed by atoms with van der Waals surface area (Å²) in [4.78, 5) is 22.2. The first-order valence-electron chi connectivity index (χ1n) is 5.22. The summed E-state index contributed by atoms with van der Waals surface area (Å²) in [6.45, 7) is 17.0. The molecule has 3 heteroatoms. The van der Waals surface area contributed by atoms with Crippen LogP contribution in [-0.4, -0.2) is 30.7 Å². The maximum absolute atomic E-state index is 10.7. The fourth-order valence-corrected chi connectivity index (χ4v) is 0.382. The first-order chi connectivity index (χ1) is 7.61. The minimum absolute atomic E-state index is 0.00926. The van der Waals surface area contributed by atoms with Crippen LogP contribution < -0.4 is 0 Å². The van der Waals surface area contributed by atoms with Gasteiger partial charge in [0.1, 0.15) is 0 Å². The zero-order valence-electron chi connectivity index (χ0n) is 12.0. The van der Waals surface area contributed by atoms with Crippen LogP contribution in [0.5, 0.6) is 0 Å². The van der Waals surface area contributed by atoms with Crippen LogP contribution in [0.3, 0.4) is 0 Å². The van der Waals surface area contributed by atoms with E-state index in [2.05, 4.69) is 19.7 Å². The average Bonchev–Trinajstić information content (AvgIpc) is 2.18. The third-order valence-electron chi connectivity index (χ3n) is 1.37. The molecule has 0 saturated carbocycles. The zero-order valence-corrected chi connectivity index (χ0v) is 12.0. The Morgan fingerprint density at radius 1 is 1.00 bits per heavy atom. The van der Waals surface area contributed by atoms with E-state index < -0.39 is 0 Å². The Labute approximate surface area is 106 Å². The Hall–Kier alpha value is -1.64. The third kappa shape index (κ3) is 20.4. The van der Waals surface area contributed by atoms with E-state index in [0.29, 0.717) is 11.1 Å². The summed E-state index contributed by atoms with van der Waals surface area (Å²) >= 11 is 0. The van der Waals surface area contributed by atoms with Gasteiger partial charge in [0.05, 0.1) is 0 Å². The number of Topliss-reactive ketones (excluding diaryl/α,β-unsaturated/α-hetero) is 1. The highest BCUT2D eigenvalue weighted by Crippen LogP contribution is 1.90. The molecule has 0 aromatic rings. The second-order valence-corrected chi connectivity index (χ2v) is 3.72. The van der Waals surface area contributed by atoms with Crippen molar-refractivity contribution in [2.24, 2.45) is 0 Å². The molecule has 3 nitrogen and oxygen atoms in total. The van der Waals surface area contributed by atoms with Crippen LogP contribution in [0.4, 0.5) is 0 Å². The van der Waals surface area contributed by atoms with Crippen molar-refractivity contribution in [3.05, 3.63) is 37.0 Å². The normalized spacial score (nSPS) is 7.41. The summed E-state index contributed by atoms with van der Waals surface area (Å²) in [5.74, 6) is 0.0556. The van der Waals surface area contributed by atoms with Gasteiger partial charge in [0.15, 0.2) is 5.78 Å². The number of amides is 1. The number of rotatable bonds is 2. The molecule has 0 unspecified atom stereocenters. The molecule has 0 spiro atoms. The summed E-state index contributed by atoms with van der Waals surface area (Å²) in [6.07, 6.45) is 1.75. The molecule has 0 fully saturated rings. The van der Waals surface area contributed by atoms with Gasteiger partial charge in [-0.3, -0.25) is 9.59 Å². The molecule has 0 aliphatic rings. The van der Waals surface area contributed by atoms with Gasteiger partial charge in [-0.1, -0.05) is 19.2 Å². The molecule has 0 radical (unpaired) electrons. The Balaban J connectivity index is -0.000000193. The van der Waals surface area contributed by atoms with Gasteiger partial charge in [0, 0.05) is 19.7 Å². The standard InChI is InChI=1S/C6H11NO.C5H8O.C3H6/c1-5(2)6(8)7(3)4;1-4(2)5(3)6;1-3-2/h1H2,2-4H3;1H2,2-3H3;3H,1H2,2H3. The second-order valence-electron chi connectivity index (χ2n) is 3.72. The highest BCUT2D eigenvalue weighted by molar-refractivity contribution is 5.92. The Morgan fingerprint density at radius 2 is 1.24 bits per heavy atom. The minimum Gasteiger partial charge on any atom is -0.345 e. The van der Waals surface area contributed by atoms with Gasteiger partial charge in [0.2, 0.25) is 5.91 Å². The van der Waals surface area contributed by atoms with Gasteiger partial charge in [-0.2, -0.15) is 0 Å². The van der Waals surface area contributed by atoms with Gasteiger partial charge in [-0.25, -0.2) is 0 Å². The number of allylic oxidation sites excluding steroid dienone is 2. The molecule has 0 rings (SSSR count). The molecular weight excluding hydrogens is 214 g/mol. The van der Waals surface area contributed by atoms with Crippen molar-refractivity contribution in [3.8, 4) is 0 Å². The van der Waals surface area contributed by atoms with Crippen molar-refractivity contribution in [1.29, 1.82) is 0 Å². The molecule has 98 valence electrons. The Morgan fingerprint density at radius 3 is 1.24 bits per heavy atom. The van der Waals surface area contributed by atoms with Gasteiger partial charge >= 0.3 is 0 Å². The number of likely N-dealkylation sites (N-methyl/N-ethyl adjacent to an activating group) is 1. The van der Waals surface area contributed by atoms with E-state index in [9.17, 15) is 9.59 Å². The largest absolute Gasteiger partial charge is 0.345 e. The molecule has 1 amide bonds. The van der Waals surface area contributed by atoms with Crippen molar-refractivity contribution in [2.75, 3.05) is 14.1 Å². The summed E-state index contributed by atoms with van der Waals surface area (Å²) in [5, 5.41) is 0. The van der Waals surface area contributed by atoms with E-state index in [4.69, 9.17) is 0 Å². The van der Waals surface area contributed by atoms with Gasteiger partial charge in [-0.05, 0) is 33.3 Å². The van der Waals surface area contributed by atoms with E-state index in [1.807, 2.05) is 6.92 Å². The SMILES string of the molecule is C=C(C)C(=O)N(C)C.C=C(C)C(C)=O.C=CC. The van der Waals surface area contributed by atoms with Crippen molar-refractivity contribution in [1.82, 2.24) is 4.90 Å². The fraction of sp³-hybridized carbons (Fsp3) is 0.429. The lowest BCUT2D eigenvalue weighted by Crippen LogP contribution is -2.21. The van der Waals surface area contributed by atoms with Crippen molar-refractivity contribution in [3.63, 3.8) is 0 Å². The molecule has 0 N–H and O–H groups in total. The lowest BCUT2D eigenvalue weighted by Gasteiger charge is -2.07. The molecule has 0 aromatic heterocycles. The van der Waals surface area contributed by atoms with Gasteiger partial charge in [-0.15, -0.1) is 6.58 Å². The number of hydrogen-bond acceptors (Lipinski definition) is 2. The van der Waals surface area contributed by atoms with Crippen LogP contribution in [0.1, 0.15) is 27.7 Å². The number of nitrogens with zero attached hydrogens (tertiary/aromatic N) is 1. The van der Waals surface area contributed by atoms with E-state index >= 15 is 0 Å². The monoisotopic (exact) mass is 239 g/mol. The summed E-state index contributed by atoms with van der Waals surface area (Å²) < 4.78 is 0. The zero-order chi connectivity index (χ0) is 14.6. The molecule has 0 heterocycles. The first kappa shape index (κ1) is 20.7. The smallest absolute Gasteiger partial charge is 0.248 e. The van der Waals surface area contributed by atoms with E-state index in [0.717, 1.165) is 0 Å². The number of carbonyl (C=O) groups is 2. The summed E-state index contributed by atoms with van der Waals surface area (Å²) in [5.41, 5.74) is 1.20. The topological polar surface area (TPSA) is 37.4 Å². The summed E-state index contributed by atoms with van der Waals surface area (Å²) in [6, 6.07) is 0. The predicted molar refractivity (Wildman–Crippen MR) is 74.9 cm³/mol. The predicted octanol–water partition coefficient (Wildman–Crippen LogP) is 2.99. The van der Waals surface area contributed by atoms with E-state index in [1.165, 1.54) is 11.8 Å². The molecule has 17 heavy (non-hydrogen) atoms. The number of hydrogen-bond donors (Lipinski definition) is 0. The van der Waals surface area contributed by atoms with Crippen LogP contribution in [-0.2, 0) is 9.59 Å². The fourth-order valence-electron chi connectivity index (χ4n) is 0.382. The van der Waals surface area contributed by atoms with Crippen LogP contribution in [0, 0.1) is 0 Å². The Kier molecular flexibility index (Phi) is 15.2. The molecule has 0 aliphatic carbocycles. The van der Waals surface area contributed by atoms with Crippen LogP contribution in [0.15, 0.2) is 37.0 Å². The van der Waals surface area contributed by atoms with Crippen LogP contribution in [0.25, 0.3) is 0 Å². The molecule has 0 aliphatic heterocycles. The summed E-state index contributed by atoms with van der Waals surface area (Å²) in [7, 11) is 3.41. The van der Waals surface area contributed by atoms with Crippen molar-refractivity contribution >= 4 is 11.7 Å². The van der Waals surface area contributed by atoms with E-state index in [-0.39, 0.29) is 11.7 Å². The van der Waals surface area contributed by atoms with Crippen LogP contribution >= 0.6 is 0 Å². The molecule has 0 aromatic carbocycles. The van der Waals surface area contributed by atoms with Crippen molar-refractivity contribution in [2.45, 2.75) is 27.7 Å². The first-order valence-corrected chi connectivity index (χ1v) is 5.22. The number of carbonyl (C=O) groups excluding carboxylic acids is 2. The molecule has 0 saturated heterocycles. The average molecular weight is 239 g/mol. The van der Waals surface area contributed by atoms with Crippen LogP contribution in [0.2, 0.25) is 0 Å². The number of ketones is 1. The lowest BCUT2D eigenvalue weighted by atomic mass is 10.3. The van der Waals surface area contributed by atoms with Gasteiger partial charge < -0.3 is 4.90 Å².